The Bertz CT molecular complexity index is 1280. The van der Waals surface area contributed by atoms with Gasteiger partial charge in [0.05, 0.1) is 16.4 Å². The highest BCUT2D eigenvalue weighted by atomic mass is 32.1. The number of nitrogens with one attached hydrogen (secondary N) is 1. The lowest BCUT2D eigenvalue weighted by atomic mass is 10.2. The fraction of sp³-hybridized carbons (Fsp3) is 0.0435. The number of aromatic nitrogens is 2. The fourth-order valence-corrected chi connectivity index (χ4v) is 4.19. The van der Waals surface area contributed by atoms with Crippen molar-refractivity contribution in [1.29, 1.82) is 0 Å². The number of halogens is 1. The molecule has 0 unspecified atom stereocenters. The summed E-state index contributed by atoms with van der Waals surface area (Å²) in [6.07, 6.45) is 3.88. The second-order valence-corrected chi connectivity index (χ2v) is 7.74. The van der Waals surface area contributed by atoms with E-state index in [4.69, 9.17) is 0 Å². The SMILES string of the molecule is Fc1ccc(Cn2cc(/C=N\Nc3nc4ccccc4s3)c3ccccc32)cc1. The van der Waals surface area contributed by atoms with Crippen molar-refractivity contribution in [3.8, 4) is 0 Å². The molecule has 0 aliphatic heterocycles. The predicted octanol–water partition coefficient (Wildman–Crippen LogP) is 5.88. The van der Waals surface area contributed by atoms with E-state index >= 15 is 0 Å². The second kappa shape index (κ2) is 7.48. The van der Waals surface area contributed by atoms with E-state index in [-0.39, 0.29) is 5.82 Å². The van der Waals surface area contributed by atoms with E-state index in [1.54, 1.807) is 11.3 Å². The molecule has 0 spiro atoms. The van der Waals surface area contributed by atoms with E-state index in [0.29, 0.717) is 6.54 Å². The fourth-order valence-electron chi connectivity index (χ4n) is 3.37. The van der Waals surface area contributed by atoms with Gasteiger partial charge in [-0.1, -0.05) is 53.8 Å². The van der Waals surface area contributed by atoms with Crippen LogP contribution in [-0.4, -0.2) is 15.8 Å². The monoisotopic (exact) mass is 400 g/mol. The summed E-state index contributed by atoms with van der Waals surface area (Å²) in [5.41, 5.74) is 7.17. The normalized spacial score (nSPS) is 11.6. The summed E-state index contributed by atoms with van der Waals surface area (Å²) in [5.74, 6) is -0.222. The zero-order valence-corrected chi connectivity index (χ0v) is 16.2. The Labute approximate surface area is 170 Å². The Morgan fingerprint density at radius 2 is 1.79 bits per heavy atom. The lowest BCUT2D eigenvalue weighted by Crippen LogP contribution is -1.97. The Kier molecular flexibility index (Phi) is 4.54. The van der Waals surface area contributed by atoms with Gasteiger partial charge >= 0.3 is 0 Å². The molecular formula is C23H17FN4S. The quantitative estimate of drug-likeness (QED) is 0.295. The van der Waals surface area contributed by atoms with Crippen molar-refractivity contribution in [3.63, 3.8) is 0 Å². The summed E-state index contributed by atoms with van der Waals surface area (Å²) < 4.78 is 16.5. The van der Waals surface area contributed by atoms with E-state index in [1.165, 1.54) is 12.1 Å². The first-order valence-corrected chi connectivity index (χ1v) is 10.0. The molecule has 0 saturated heterocycles. The van der Waals surface area contributed by atoms with Gasteiger partial charge in [-0.3, -0.25) is 5.43 Å². The number of benzene rings is 3. The molecule has 5 rings (SSSR count). The maximum atomic E-state index is 13.2. The molecule has 0 radical (unpaired) electrons. The first-order valence-electron chi connectivity index (χ1n) is 9.23. The van der Waals surface area contributed by atoms with E-state index in [0.717, 1.165) is 37.4 Å². The molecule has 0 saturated carbocycles. The Morgan fingerprint density at radius 1 is 1.00 bits per heavy atom. The van der Waals surface area contributed by atoms with Gasteiger partial charge in [0, 0.05) is 29.2 Å². The van der Waals surface area contributed by atoms with Gasteiger partial charge in [0.1, 0.15) is 5.82 Å². The number of thiazole rings is 1. The van der Waals surface area contributed by atoms with Crippen molar-refractivity contribution >= 4 is 43.8 Å². The average molecular weight is 400 g/mol. The molecule has 0 bridgehead atoms. The molecular weight excluding hydrogens is 383 g/mol. The Hall–Kier alpha value is -3.51. The third kappa shape index (κ3) is 3.62. The maximum absolute atomic E-state index is 13.2. The second-order valence-electron chi connectivity index (χ2n) is 6.71. The van der Waals surface area contributed by atoms with Gasteiger partial charge in [0.2, 0.25) is 5.13 Å². The summed E-state index contributed by atoms with van der Waals surface area (Å²) >= 11 is 1.57. The van der Waals surface area contributed by atoms with E-state index < -0.39 is 0 Å². The van der Waals surface area contributed by atoms with Crippen molar-refractivity contribution in [1.82, 2.24) is 9.55 Å². The Morgan fingerprint density at radius 3 is 2.66 bits per heavy atom. The highest BCUT2D eigenvalue weighted by molar-refractivity contribution is 7.22. The van der Waals surface area contributed by atoms with Gasteiger partial charge < -0.3 is 4.57 Å². The van der Waals surface area contributed by atoms with Gasteiger partial charge in [0.25, 0.3) is 0 Å². The van der Waals surface area contributed by atoms with Crippen LogP contribution >= 0.6 is 11.3 Å². The average Bonchev–Trinajstić information content (AvgIpc) is 3.31. The van der Waals surface area contributed by atoms with Gasteiger partial charge in [-0.25, -0.2) is 9.37 Å². The minimum Gasteiger partial charge on any atom is -0.342 e. The smallest absolute Gasteiger partial charge is 0.204 e. The van der Waals surface area contributed by atoms with E-state index in [9.17, 15) is 4.39 Å². The molecule has 0 aliphatic rings. The number of rotatable bonds is 5. The molecule has 0 atom stereocenters. The lowest BCUT2D eigenvalue weighted by molar-refractivity contribution is 0.626. The highest BCUT2D eigenvalue weighted by Gasteiger charge is 2.08. The largest absolute Gasteiger partial charge is 0.342 e. The number of nitrogens with zero attached hydrogens (tertiary/aromatic N) is 3. The van der Waals surface area contributed by atoms with Crippen LogP contribution in [0.4, 0.5) is 9.52 Å². The molecule has 3 aromatic carbocycles. The van der Waals surface area contributed by atoms with Crippen LogP contribution in [0.5, 0.6) is 0 Å². The first-order chi connectivity index (χ1) is 14.3. The van der Waals surface area contributed by atoms with Crippen LogP contribution < -0.4 is 5.43 Å². The van der Waals surface area contributed by atoms with E-state index in [1.807, 2.05) is 54.7 Å². The lowest BCUT2D eigenvalue weighted by Gasteiger charge is -2.05. The number of hydrazone groups is 1. The standard InChI is InChI=1S/C23H17FN4S/c24-18-11-9-16(10-12-18)14-28-15-17(19-5-1-3-7-21(19)28)13-25-27-23-26-20-6-2-4-8-22(20)29-23/h1-13,15H,14H2,(H,26,27)/b25-13-. The topological polar surface area (TPSA) is 42.2 Å². The van der Waals surface area contributed by atoms with Crippen molar-refractivity contribution in [2.45, 2.75) is 6.54 Å². The van der Waals surface area contributed by atoms with E-state index in [2.05, 4.69) is 38.4 Å². The Balaban J connectivity index is 1.42. The molecule has 0 fully saturated rings. The van der Waals surface area contributed by atoms with Crippen LogP contribution in [0.1, 0.15) is 11.1 Å². The summed E-state index contributed by atoms with van der Waals surface area (Å²) in [5, 5.41) is 6.28. The van der Waals surface area contributed by atoms with Crippen molar-refractivity contribution in [2.24, 2.45) is 5.10 Å². The summed E-state index contributed by atoms with van der Waals surface area (Å²) in [4.78, 5) is 4.53. The molecule has 0 aliphatic carbocycles. The minimum atomic E-state index is -0.222. The van der Waals surface area contributed by atoms with Crippen LogP contribution in [0.2, 0.25) is 0 Å². The third-order valence-electron chi connectivity index (χ3n) is 4.74. The molecule has 4 nitrogen and oxygen atoms in total. The van der Waals surface area contributed by atoms with Gasteiger partial charge in [-0.15, -0.1) is 0 Å². The molecule has 1 N–H and O–H groups in total. The number of anilines is 1. The molecule has 29 heavy (non-hydrogen) atoms. The zero-order valence-electron chi connectivity index (χ0n) is 15.4. The van der Waals surface area contributed by atoms with Gasteiger partial charge in [0.15, 0.2) is 0 Å². The minimum absolute atomic E-state index is 0.222. The van der Waals surface area contributed by atoms with Crippen molar-refractivity contribution in [2.75, 3.05) is 5.43 Å². The van der Waals surface area contributed by atoms with Crippen LogP contribution in [-0.2, 0) is 6.54 Å². The molecule has 5 aromatic rings. The maximum Gasteiger partial charge on any atom is 0.204 e. The molecule has 2 aromatic heterocycles. The van der Waals surface area contributed by atoms with Crippen molar-refractivity contribution in [3.05, 3.63) is 95.9 Å². The van der Waals surface area contributed by atoms with Crippen LogP contribution in [0, 0.1) is 5.82 Å². The zero-order chi connectivity index (χ0) is 19.6. The van der Waals surface area contributed by atoms with Gasteiger partial charge in [-0.2, -0.15) is 5.10 Å². The van der Waals surface area contributed by atoms with Gasteiger partial charge in [-0.05, 0) is 35.9 Å². The van der Waals surface area contributed by atoms with Crippen LogP contribution in [0.15, 0.2) is 84.1 Å². The van der Waals surface area contributed by atoms with Crippen molar-refractivity contribution < 1.29 is 4.39 Å². The summed E-state index contributed by atoms with van der Waals surface area (Å²) in [6, 6.07) is 22.8. The number of para-hydroxylation sites is 2. The number of hydrogen-bond donors (Lipinski definition) is 1. The highest BCUT2D eigenvalue weighted by Crippen LogP contribution is 2.25. The summed E-state index contributed by atoms with van der Waals surface area (Å²) in [6.45, 7) is 0.667. The number of hydrogen-bond acceptors (Lipinski definition) is 4. The van der Waals surface area contributed by atoms with Crippen LogP contribution in [0.3, 0.4) is 0 Å². The first kappa shape index (κ1) is 17.6. The molecule has 6 heteroatoms. The molecule has 0 amide bonds. The molecule has 142 valence electrons. The molecule has 2 heterocycles. The van der Waals surface area contributed by atoms with Crippen LogP contribution in [0.25, 0.3) is 21.1 Å². The number of fused-ring (bicyclic) bond motifs is 2. The predicted molar refractivity (Wildman–Crippen MR) is 118 cm³/mol. The third-order valence-corrected chi connectivity index (χ3v) is 5.68. The summed E-state index contributed by atoms with van der Waals surface area (Å²) in [7, 11) is 0.